The van der Waals surface area contributed by atoms with Gasteiger partial charge in [0.05, 0.1) is 22.0 Å². The van der Waals surface area contributed by atoms with Gasteiger partial charge in [-0.2, -0.15) is 0 Å². The largest absolute Gasteiger partial charge is 0.481 e. The lowest BCUT2D eigenvalue weighted by Gasteiger charge is -2.50. The molecular formula is C26H22F2N4O3. The molecule has 7 rings (SSSR count). The number of carboxylic acids is 1. The number of aromatic amines is 1. The maximum Gasteiger partial charge on any atom is 0.316 e. The van der Waals surface area contributed by atoms with Gasteiger partial charge in [-0.3, -0.25) is 4.79 Å². The monoisotopic (exact) mass is 476 g/mol. The van der Waals surface area contributed by atoms with Gasteiger partial charge in [-0.15, -0.1) is 0 Å². The lowest BCUT2D eigenvalue weighted by Crippen LogP contribution is -2.52. The summed E-state index contributed by atoms with van der Waals surface area (Å²) in [5.74, 6) is -1.26. The average molecular weight is 476 g/mol. The molecule has 0 saturated heterocycles. The van der Waals surface area contributed by atoms with Crippen LogP contribution in [0.3, 0.4) is 0 Å². The number of imidazole rings is 1. The summed E-state index contributed by atoms with van der Waals surface area (Å²) >= 11 is 0. The van der Waals surface area contributed by atoms with Crippen LogP contribution in [0.4, 0.5) is 8.78 Å². The highest BCUT2D eigenvalue weighted by Gasteiger charge is 2.54. The van der Waals surface area contributed by atoms with E-state index in [4.69, 9.17) is 4.74 Å². The van der Waals surface area contributed by atoms with Crippen molar-refractivity contribution in [1.29, 1.82) is 0 Å². The van der Waals surface area contributed by atoms with Crippen molar-refractivity contribution < 1.29 is 23.4 Å². The van der Waals surface area contributed by atoms with Crippen molar-refractivity contribution in [2.24, 2.45) is 5.41 Å². The van der Waals surface area contributed by atoms with Crippen LogP contribution in [0.2, 0.25) is 0 Å². The molecule has 3 aliphatic carbocycles. The molecule has 0 amide bonds. The number of benzene rings is 2. The molecule has 3 saturated carbocycles. The summed E-state index contributed by atoms with van der Waals surface area (Å²) in [6, 6.07) is 9.16. The van der Waals surface area contributed by atoms with Gasteiger partial charge < -0.3 is 14.8 Å². The number of ether oxygens (including phenoxy) is 1. The summed E-state index contributed by atoms with van der Waals surface area (Å²) in [4.78, 5) is 27.6. The van der Waals surface area contributed by atoms with Crippen LogP contribution in [-0.2, 0) is 4.79 Å². The number of halogens is 2. The van der Waals surface area contributed by atoms with Crippen LogP contribution in [-0.4, -0.2) is 36.6 Å². The van der Waals surface area contributed by atoms with Crippen molar-refractivity contribution in [3.05, 3.63) is 60.4 Å². The SMILES string of the molecule is O=C(O)C12CCC(Oc3ncc(-c4ccc(-c5nc6ccc(F)cc6[nH]5)c(F)c4)cn3)(CC1)CC2. The predicted molar refractivity (Wildman–Crippen MR) is 124 cm³/mol. The number of carboxylic acid groups (broad SMARTS) is 1. The Hall–Kier alpha value is -3.88. The zero-order valence-electron chi connectivity index (χ0n) is 18.7. The molecule has 2 N–H and O–H groups in total. The third-order valence-electron chi connectivity index (χ3n) is 7.57. The van der Waals surface area contributed by atoms with Crippen molar-refractivity contribution in [3.63, 3.8) is 0 Å². The Kier molecular flexibility index (Phi) is 4.84. The molecular weight excluding hydrogens is 454 g/mol. The molecule has 7 nitrogen and oxygen atoms in total. The van der Waals surface area contributed by atoms with Crippen LogP contribution in [0.5, 0.6) is 6.01 Å². The number of H-pyrrole nitrogens is 1. The number of rotatable bonds is 5. The van der Waals surface area contributed by atoms with E-state index in [9.17, 15) is 18.7 Å². The lowest BCUT2D eigenvalue weighted by atomic mass is 9.58. The summed E-state index contributed by atoms with van der Waals surface area (Å²) in [5.41, 5.74) is 1.53. The average Bonchev–Trinajstić information content (AvgIpc) is 3.28. The van der Waals surface area contributed by atoms with E-state index in [1.807, 2.05) is 0 Å². The maximum absolute atomic E-state index is 15.0. The van der Waals surface area contributed by atoms with Crippen LogP contribution < -0.4 is 4.74 Å². The molecule has 2 heterocycles. The van der Waals surface area contributed by atoms with E-state index in [1.165, 1.54) is 18.2 Å². The standard InChI is InChI=1S/C26H22F2N4O3/c27-17-2-4-20-21(12-17)32-22(31-20)18-3-1-15(11-19(18)28)16-13-29-24(30-14-16)35-26-8-5-25(6-9-26,7-10-26)23(33)34/h1-4,11-14H,5-10H2,(H,31,32)(H,33,34). The summed E-state index contributed by atoms with van der Waals surface area (Å²) in [7, 11) is 0. The first-order valence-corrected chi connectivity index (χ1v) is 11.5. The number of carbonyl (C=O) groups is 1. The minimum atomic E-state index is -0.709. The summed E-state index contributed by atoms with van der Waals surface area (Å²) in [5, 5.41) is 9.56. The van der Waals surface area contributed by atoms with Gasteiger partial charge in [0.15, 0.2) is 0 Å². The number of hydrogen-bond acceptors (Lipinski definition) is 5. The highest BCUT2D eigenvalue weighted by molar-refractivity contribution is 5.80. The van der Waals surface area contributed by atoms with Gasteiger partial charge in [0.25, 0.3) is 0 Å². The van der Waals surface area contributed by atoms with E-state index in [1.54, 1.807) is 30.6 Å². The van der Waals surface area contributed by atoms with Crippen molar-refractivity contribution in [1.82, 2.24) is 19.9 Å². The van der Waals surface area contributed by atoms with E-state index in [0.717, 1.165) is 0 Å². The molecule has 0 radical (unpaired) electrons. The second-order valence-electron chi connectivity index (χ2n) is 9.57. The van der Waals surface area contributed by atoms with Crippen LogP contribution >= 0.6 is 0 Å². The summed E-state index contributed by atoms with van der Waals surface area (Å²) < 4.78 is 34.6. The Morgan fingerprint density at radius 3 is 2.31 bits per heavy atom. The van der Waals surface area contributed by atoms with Crippen LogP contribution in [0, 0.1) is 17.0 Å². The van der Waals surface area contributed by atoms with Gasteiger partial charge >= 0.3 is 12.0 Å². The number of aromatic nitrogens is 4. The Labute approximate surface area is 199 Å². The van der Waals surface area contributed by atoms with Crippen LogP contribution in [0.1, 0.15) is 38.5 Å². The highest BCUT2D eigenvalue weighted by atomic mass is 19.1. The van der Waals surface area contributed by atoms with Gasteiger partial charge in [-0.25, -0.2) is 23.7 Å². The summed E-state index contributed by atoms with van der Waals surface area (Å²) in [6.45, 7) is 0. The highest BCUT2D eigenvalue weighted by Crippen LogP contribution is 2.53. The van der Waals surface area contributed by atoms with Crippen LogP contribution in [0.25, 0.3) is 33.5 Å². The molecule has 3 aliphatic rings. The van der Waals surface area contributed by atoms with E-state index < -0.39 is 28.6 Å². The first-order valence-electron chi connectivity index (χ1n) is 11.5. The molecule has 35 heavy (non-hydrogen) atoms. The fraction of sp³-hybridized carbons (Fsp3) is 0.308. The maximum atomic E-state index is 15.0. The molecule has 3 fully saturated rings. The quantitative estimate of drug-likeness (QED) is 0.393. The van der Waals surface area contributed by atoms with Gasteiger partial charge in [-0.1, -0.05) is 6.07 Å². The smallest absolute Gasteiger partial charge is 0.316 e. The van der Waals surface area contributed by atoms with Gasteiger partial charge in [0, 0.05) is 18.0 Å². The van der Waals surface area contributed by atoms with E-state index >= 15 is 0 Å². The zero-order valence-corrected chi connectivity index (χ0v) is 18.7. The van der Waals surface area contributed by atoms with Crippen molar-refractivity contribution >= 4 is 17.0 Å². The van der Waals surface area contributed by atoms with Crippen molar-refractivity contribution in [3.8, 4) is 28.5 Å². The second kappa shape index (κ2) is 7.83. The molecule has 2 aromatic carbocycles. The minimum Gasteiger partial charge on any atom is -0.481 e. The van der Waals surface area contributed by atoms with Gasteiger partial charge in [0.1, 0.15) is 23.1 Å². The first-order chi connectivity index (χ1) is 16.8. The first kappa shape index (κ1) is 21.6. The third kappa shape index (κ3) is 3.71. The Morgan fingerprint density at radius 2 is 1.66 bits per heavy atom. The molecule has 4 aromatic rings. The molecule has 0 unspecified atom stereocenters. The minimum absolute atomic E-state index is 0.241. The zero-order chi connectivity index (χ0) is 24.2. The van der Waals surface area contributed by atoms with E-state index in [2.05, 4.69) is 19.9 Å². The fourth-order valence-corrected chi connectivity index (χ4v) is 5.33. The Bertz CT molecular complexity index is 1430. The number of nitrogens with zero attached hydrogens (tertiary/aromatic N) is 3. The van der Waals surface area contributed by atoms with E-state index in [-0.39, 0.29) is 11.6 Å². The molecule has 0 aliphatic heterocycles. The molecule has 0 spiro atoms. The predicted octanol–water partition coefficient (Wildman–Crippen LogP) is 5.52. The Morgan fingerprint density at radius 1 is 0.943 bits per heavy atom. The summed E-state index contributed by atoms with van der Waals surface area (Å²) in [6.07, 6.45) is 7.00. The molecule has 2 aromatic heterocycles. The number of nitrogens with one attached hydrogen (secondary N) is 1. The fourth-order valence-electron chi connectivity index (χ4n) is 5.33. The lowest BCUT2D eigenvalue weighted by molar-refractivity contribution is -0.163. The number of aliphatic carboxylic acids is 1. The molecule has 0 atom stereocenters. The topological polar surface area (TPSA) is 101 Å². The molecule has 9 heteroatoms. The second-order valence-corrected chi connectivity index (χ2v) is 9.57. The Balaban J connectivity index is 1.19. The third-order valence-corrected chi connectivity index (χ3v) is 7.57. The normalized spacial score (nSPS) is 23.5. The molecule has 2 bridgehead atoms. The van der Waals surface area contributed by atoms with Crippen molar-refractivity contribution in [2.75, 3.05) is 0 Å². The number of fused-ring (bicyclic) bond motifs is 4. The number of hydrogen-bond donors (Lipinski definition) is 2. The molecule has 178 valence electrons. The van der Waals surface area contributed by atoms with Crippen LogP contribution in [0.15, 0.2) is 48.8 Å². The van der Waals surface area contributed by atoms with Crippen molar-refractivity contribution in [2.45, 2.75) is 44.1 Å². The van der Waals surface area contributed by atoms with Gasteiger partial charge in [0.2, 0.25) is 0 Å². The van der Waals surface area contributed by atoms with E-state index in [0.29, 0.717) is 66.5 Å². The van der Waals surface area contributed by atoms with Gasteiger partial charge in [-0.05, 0) is 74.4 Å².